The monoisotopic (exact) mass is 279 g/mol. The molecular weight excluding hydrogens is 270 g/mol. The number of hydrogen-bond donors (Lipinski definition) is 1. The molecule has 0 saturated carbocycles. The SMILES string of the molecule is COc1nncc(-c2cccc(Br)c2)c1N. The number of benzene rings is 1. The minimum Gasteiger partial charge on any atom is -0.478 e. The van der Waals surface area contributed by atoms with Gasteiger partial charge in [0.25, 0.3) is 5.88 Å². The molecule has 1 aromatic heterocycles. The van der Waals surface area contributed by atoms with Crippen molar-refractivity contribution in [2.75, 3.05) is 12.8 Å². The lowest BCUT2D eigenvalue weighted by atomic mass is 10.1. The molecule has 0 amide bonds. The van der Waals surface area contributed by atoms with E-state index in [-0.39, 0.29) is 0 Å². The molecule has 0 radical (unpaired) electrons. The summed E-state index contributed by atoms with van der Waals surface area (Å²) in [4.78, 5) is 0. The Morgan fingerprint density at radius 1 is 1.38 bits per heavy atom. The van der Waals surface area contributed by atoms with Crippen LogP contribution >= 0.6 is 15.9 Å². The highest BCUT2D eigenvalue weighted by Crippen LogP contribution is 2.31. The van der Waals surface area contributed by atoms with Crippen LogP contribution < -0.4 is 10.5 Å². The Hall–Kier alpha value is -1.62. The Morgan fingerprint density at radius 2 is 2.19 bits per heavy atom. The minimum atomic E-state index is 0.345. The summed E-state index contributed by atoms with van der Waals surface area (Å²) < 4.78 is 6.01. The van der Waals surface area contributed by atoms with Gasteiger partial charge in [0, 0.05) is 10.0 Å². The molecule has 0 saturated heterocycles. The van der Waals surface area contributed by atoms with Crippen molar-refractivity contribution in [1.82, 2.24) is 10.2 Å². The molecule has 2 aromatic rings. The van der Waals surface area contributed by atoms with Crippen LogP contribution in [0.2, 0.25) is 0 Å². The number of halogens is 1. The van der Waals surface area contributed by atoms with Gasteiger partial charge >= 0.3 is 0 Å². The molecule has 5 heteroatoms. The van der Waals surface area contributed by atoms with E-state index in [1.165, 1.54) is 7.11 Å². The highest BCUT2D eigenvalue weighted by molar-refractivity contribution is 9.10. The number of rotatable bonds is 2. The van der Waals surface area contributed by atoms with Crippen LogP contribution in [0.1, 0.15) is 0 Å². The molecule has 0 aliphatic rings. The highest BCUT2D eigenvalue weighted by Gasteiger charge is 2.09. The van der Waals surface area contributed by atoms with Gasteiger partial charge in [-0.25, -0.2) is 0 Å². The zero-order valence-corrected chi connectivity index (χ0v) is 10.2. The number of anilines is 1. The number of nitrogens with zero attached hydrogens (tertiary/aromatic N) is 2. The summed E-state index contributed by atoms with van der Waals surface area (Å²) in [5.74, 6) is 0.345. The van der Waals surface area contributed by atoms with E-state index in [9.17, 15) is 0 Å². The number of aromatic nitrogens is 2. The molecule has 4 nitrogen and oxygen atoms in total. The maximum Gasteiger partial charge on any atom is 0.257 e. The Labute approximate surface area is 102 Å². The van der Waals surface area contributed by atoms with E-state index in [0.29, 0.717) is 11.6 Å². The lowest BCUT2D eigenvalue weighted by molar-refractivity contribution is 0.394. The smallest absolute Gasteiger partial charge is 0.257 e. The molecule has 82 valence electrons. The first-order chi connectivity index (χ1) is 7.72. The number of nitrogens with two attached hydrogens (primary N) is 1. The summed E-state index contributed by atoms with van der Waals surface area (Å²) in [6.07, 6.45) is 1.62. The van der Waals surface area contributed by atoms with Crippen LogP contribution in [0.25, 0.3) is 11.1 Å². The van der Waals surface area contributed by atoms with Gasteiger partial charge in [-0.1, -0.05) is 28.1 Å². The van der Waals surface area contributed by atoms with Crippen molar-refractivity contribution in [2.24, 2.45) is 0 Å². The minimum absolute atomic E-state index is 0.345. The first-order valence-corrected chi connectivity index (χ1v) is 5.42. The van der Waals surface area contributed by atoms with Crippen molar-refractivity contribution in [2.45, 2.75) is 0 Å². The molecule has 0 fully saturated rings. The predicted octanol–water partition coefficient (Wildman–Crippen LogP) is 2.50. The average Bonchev–Trinajstić information content (AvgIpc) is 2.29. The summed E-state index contributed by atoms with van der Waals surface area (Å²) in [7, 11) is 1.52. The van der Waals surface area contributed by atoms with E-state index in [2.05, 4.69) is 26.1 Å². The van der Waals surface area contributed by atoms with E-state index in [0.717, 1.165) is 15.6 Å². The zero-order valence-electron chi connectivity index (χ0n) is 8.64. The van der Waals surface area contributed by atoms with Crippen LogP contribution in [0.15, 0.2) is 34.9 Å². The van der Waals surface area contributed by atoms with Crippen molar-refractivity contribution in [3.63, 3.8) is 0 Å². The van der Waals surface area contributed by atoms with Crippen LogP contribution in [-0.2, 0) is 0 Å². The summed E-state index contributed by atoms with van der Waals surface area (Å²) in [5.41, 5.74) is 8.21. The Balaban J connectivity index is 2.56. The maximum atomic E-state index is 5.93. The van der Waals surface area contributed by atoms with Crippen molar-refractivity contribution < 1.29 is 4.74 Å². The predicted molar refractivity (Wildman–Crippen MR) is 66.1 cm³/mol. The standard InChI is InChI=1S/C11H10BrN3O/c1-16-11-10(13)9(6-14-15-11)7-3-2-4-8(12)5-7/h2-6H,1H3,(H2,13,14). The Bertz CT molecular complexity index is 516. The lowest BCUT2D eigenvalue weighted by Crippen LogP contribution is -1.99. The zero-order chi connectivity index (χ0) is 11.5. The molecule has 1 heterocycles. The number of ether oxygens (including phenoxy) is 1. The number of nitrogen functional groups attached to an aromatic ring is 1. The average molecular weight is 280 g/mol. The maximum absolute atomic E-state index is 5.93. The van der Waals surface area contributed by atoms with Gasteiger partial charge in [0.05, 0.1) is 13.3 Å². The quantitative estimate of drug-likeness (QED) is 0.918. The van der Waals surface area contributed by atoms with E-state index in [1.807, 2.05) is 24.3 Å². The van der Waals surface area contributed by atoms with Crippen molar-refractivity contribution in [1.29, 1.82) is 0 Å². The van der Waals surface area contributed by atoms with Crippen LogP contribution in [-0.4, -0.2) is 17.3 Å². The molecule has 0 bridgehead atoms. The molecule has 1 aromatic carbocycles. The fourth-order valence-corrected chi connectivity index (χ4v) is 1.81. The molecule has 0 atom stereocenters. The van der Waals surface area contributed by atoms with Gasteiger partial charge in [-0.3, -0.25) is 0 Å². The second-order valence-corrected chi connectivity index (χ2v) is 4.11. The van der Waals surface area contributed by atoms with Crippen molar-refractivity contribution in [3.8, 4) is 17.0 Å². The molecular formula is C11H10BrN3O. The third-order valence-corrected chi connectivity index (χ3v) is 2.68. The molecule has 16 heavy (non-hydrogen) atoms. The van der Waals surface area contributed by atoms with Gasteiger partial charge in [-0.05, 0) is 17.7 Å². The Kier molecular flexibility index (Phi) is 3.05. The van der Waals surface area contributed by atoms with Crippen LogP contribution in [0.4, 0.5) is 5.69 Å². The normalized spacial score (nSPS) is 10.1. The van der Waals surface area contributed by atoms with Gasteiger partial charge in [-0.15, -0.1) is 5.10 Å². The number of hydrogen-bond acceptors (Lipinski definition) is 4. The fourth-order valence-electron chi connectivity index (χ4n) is 1.41. The van der Waals surface area contributed by atoms with Gasteiger partial charge in [0.1, 0.15) is 5.69 Å². The molecule has 2 rings (SSSR count). The molecule has 2 N–H and O–H groups in total. The second kappa shape index (κ2) is 4.49. The van der Waals surface area contributed by atoms with Crippen molar-refractivity contribution in [3.05, 3.63) is 34.9 Å². The molecule has 0 aliphatic carbocycles. The highest BCUT2D eigenvalue weighted by atomic mass is 79.9. The van der Waals surface area contributed by atoms with E-state index in [1.54, 1.807) is 6.20 Å². The van der Waals surface area contributed by atoms with Gasteiger partial charge in [0.15, 0.2) is 0 Å². The second-order valence-electron chi connectivity index (χ2n) is 3.19. The third kappa shape index (κ3) is 1.99. The molecule has 0 unspecified atom stereocenters. The summed E-state index contributed by atoms with van der Waals surface area (Å²) in [5, 5.41) is 7.65. The third-order valence-electron chi connectivity index (χ3n) is 2.18. The fraction of sp³-hybridized carbons (Fsp3) is 0.0909. The summed E-state index contributed by atoms with van der Waals surface area (Å²) in [6.45, 7) is 0. The summed E-state index contributed by atoms with van der Waals surface area (Å²) in [6, 6.07) is 7.81. The van der Waals surface area contributed by atoms with E-state index >= 15 is 0 Å². The summed E-state index contributed by atoms with van der Waals surface area (Å²) >= 11 is 3.41. The largest absolute Gasteiger partial charge is 0.478 e. The van der Waals surface area contributed by atoms with Crippen molar-refractivity contribution >= 4 is 21.6 Å². The van der Waals surface area contributed by atoms with Crippen LogP contribution in [0.5, 0.6) is 5.88 Å². The van der Waals surface area contributed by atoms with Gasteiger partial charge in [-0.2, -0.15) is 5.10 Å². The molecule has 0 spiro atoms. The first kappa shape index (κ1) is 10.9. The van der Waals surface area contributed by atoms with Crippen LogP contribution in [0.3, 0.4) is 0 Å². The van der Waals surface area contributed by atoms with E-state index < -0.39 is 0 Å². The topological polar surface area (TPSA) is 61.0 Å². The van der Waals surface area contributed by atoms with Gasteiger partial charge in [0.2, 0.25) is 0 Å². The van der Waals surface area contributed by atoms with Gasteiger partial charge < -0.3 is 10.5 Å². The number of methoxy groups -OCH3 is 1. The molecule has 0 aliphatic heterocycles. The lowest BCUT2D eigenvalue weighted by Gasteiger charge is -2.08. The van der Waals surface area contributed by atoms with E-state index in [4.69, 9.17) is 10.5 Å². The first-order valence-electron chi connectivity index (χ1n) is 4.63. The Morgan fingerprint density at radius 3 is 2.88 bits per heavy atom. The van der Waals surface area contributed by atoms with Crippen LogP contribution in [0, 0.1) is 0 Å².